The minimum absolute atomic E-state index is 0.115. The summed E-state index contributed by atoms with van der Waals surface area (Å²) in [6.45, 7) is 6.89. The Morgan fingerprint density at radius 3 is 2.66 bits per heavy atom. The van der Waals surface area contributed by atoms with Gasteiger partial charge in [0, 0.05) is 25.3 Å². The lowest BCUT2D eigenvalue weighted by Crippen LogP contribution is -2.43. The molecular formula is C23H32N4O4S. The number of hydrogen-bond acceptors (Lipinski definition) is 6. The van der Waals surface area contributed by atoms with E-state index in [1.54, 1.807) is 13.8 Å². The highest BCUT2D eigenvalue weighted by molar-refractivity contribution is 7.89. The molecule has 0 saturated carbocycles. The number of benzene rings is 1. The van der Waals surface area contributed by atoms with Crippen LogP contribution in [0.25, 0.3) is 0 Å². The lowest BCUT2D eigenvalue weighted by atomic mass is 9.98. The van der Waals surface area contributed by atoms with Gasteiger partial charge in [0.1, 0.15) is 10.6 Å². The number of rotatable bonds is 6. The zero-order chi connectivity index (χ0) is 22.7. The predicted octanol–water partition coefficient (Wildman–Crippen LogP) is 3.32. The number of amides is 1. The fourth-order valence-electron chi connectivity index (χ4n) is 4.71. The van der Waals surface area contributed by atoms with Crippen LogP contribution in [0.4, 0.5) is 5.69 Å². The average Bonchev–Trinajstić information content (AvgIpc) is 3.13. The van der Waals surface area contributed by atoms with Gasteiger partial charge in [-0.15, -0.1) is 0 Å². The summed E-state index contributed by atoms with van der Waals surface area (Å²) in [6.07, 6.45) is 5.08. The van der Waals surface area contributed by atoms with E-state index in [0.717, 1.165) is 25.3 Å². The fraction of sp³-hybridized carbons (Fsp3) is 0.565. The molecule has 0 aliphatic carbocycles. The Balaban J connectivity index is 1.41. The van der Waals surface area contributed by atoms with Gasteiger partial charge in [0.2, 0.25) is 15.9 Å². The van der Waals surface area contributed by atoms with Crippen LogP contribution in [-0.2, 0) is 21.4 Å². The van der Waals surface area contributed by atoms with Crippen LogP contribution in [0, 0.1) is 19.8 Å². The molecule has 1 amide bonds. The first-order valence-corrected chi connectivity index (χ1v) is 12.8. The number of nitrogens with one attached hydrogen (secondary N) is 1. The second-order valence-electron chi connectivity index (χ2n) is 8.88. The largest absolute Gasteiger partial charge is 0.360 e. The maximum atomic E-state index is 13.1. The summed E-state index contributed by atoms with van der Waals surface area (Å²) in [6, 6.07) is 7.96. The second-order valence-corrected chi connectivity index (χ2v) is 10.8. The van der Waals surface area contributed by atoms with E-state index in [-0.39, 0.29) is 23.1 Å². The van der Waals surface area contributed by atoms with Crippen molar-refractivity contribution in [2.24, 2.45) is 5.92 Å². The van der Waals surface area contributed by atoms with Crippen LogP contribution < -0.4 is 5.32 Å². The highest BCUT2D eigenvalue weighted by atomic mass is 32.2. The Kier molecular flexibility index (Phi) is 6.97. The molecule has 2 fully saturated rings. The summed E-state index contributed by atoms with van der Waals surface area (Å²) in [5, 5.41) is 6.78. The minimum atomic E-state index is -3.75. The van der Waals surface area contributed by atoms with Crippen LogP contribution in [0.5, 0.6) is 0 Å². The summed E-state index contributed by atoms with van der Waals surface area (Å²) in [5.41, 5.74) is 2.28. The molecule has 32 heavy (non-hydrogen) atoms. The number of hydrogen-bond donors (Lipinski definition) is 1. The van der Waals surface area contributed by atoms with Crippen LogP contribution in [0.15, 0.2) is 33.7 Å². The average molecular weight is 461 g/mol. The molecule has 0 bridgehead atoms. The van der Waals surface area contributed by atoms with E-state index < -0.39 is 15.9 Å². The Hall–Kier alpha value is -2.23. The molecule has 1 unspecified atom stereocenters. The number of carbonyl (C=O) groups is 1. The van der Waals surface area contributed by atoms with Crippen molar-refractivity contribution in [3.05, 3.63) is 41.3 Å². The molecule has 0 radical (unpaired) electrons. The summed E-state index contributed by atoms with van der Waals surface area (Å²) >= 11 is 0. The molecule has 9 heteroatoms. The maximum absolute atomic E-state index is 13.1. The van der Waals surface area contributed by atoms with Gasteiger partial charge in [0.15, 0.2) is 5.76 Å². The SMILES string of the molecule is Cc1noc(C)c1S(=O)(=O)N1CCCC(C(=O)Nc2cccc(CN3CCCCC3)c2)C1. The van der Waals surface area contributed by atoms with E-state index in [1.165, 1.54) is 29.1 Å². The van der Waals surface area contributed by atoms with Crippen molar-refractivity contribution in [2.75, 3.05) is 31.5 Å². The second kappa shape index (κ2) is 9.72. The topological polar surface area (TPSA) is 95.8 Å². The number of anilines is 1. The molecule has 2 aliphatic rings. The van der Waals surface area contributed by atoms with Gasteiger partial charge < -0.3 is 9.84 Å². The van der Waals surface area contributed by atoms with E-state index in [9.17, 15) is 13.2 Å². The van der Waals surface area contributed by atoms with Crippen molar-refractivity contribution in [3.8, 4) is 0 Å². The highest BCUT2D eigenvalue weighted by Gasteiger charge is 2.36. The standard InChI is InChI=1S/C23H32N4O4S/c1-17-22(18(2)31-25-17)32(29,30)27-13-7-9-20(16-27)23(28)24-21-10-6-8-19(14-21)15-26-11-4-3-5-12-26/h6,8,10,14,20H,3-5,7,9,11-13,15-16H2,1-2H3,(H,24,28). The zero-order valence-corrected chi connectivity index (χ0v) is 19.7. The van der Waals surface area contributed by atoms with Gasteiger partial charge in [-0.3, -0.25) is 9.69 Å². The fourth-order valence-corrected chi connectivity index (χ4v) is 6.53. The van der Waals surface area contributed by atoms with Crippen molar-refractivity contribution in [3.63, 3.8) is 0 Å². The molecule has 4 rings (SSSR count). The minimum Gasteiger partial charge on any atom is -0.360 e. The molecule has 1 aromatic heterocycles. The molecule has 2 saturated heterocycles. The summed E-state index contributed by atoms with van der Waals surface area (Å²) in [5.74, 6) is -0.261. The van der Waals surface area contributed by atoms with Crippen molar-refractivity contribution >= 4 is 21.6 Å². The van der Waals surface area contributed by atoms with E-state index in [2.05, 4.69) is 21.4 Å². The van der Waals surface area contributed by atoms with E-state index in [0.29, 0.717) is 25.1 Å². The zero-order valence-electron chi connectivity index (χ0n) is 18.8. The number of aromatic nitrogens is 1. The third-order valence-corrected chi connectivity index (χ3v) is 8.48. The van der Waals surface area contributed by atoms with Crippen molar-refractivity contribution in [1.29, 1.82) is 0 Å². The Labute approximate surface area is 190 Å². The van der Waals surface area contributed by atoms with Crippen LogP contribution in [-0.4, -0.2) is 54.9 Å². The number of piperidine rings is 2. The molecule has 1 atom stereocenters. The Morgan fingerprint density at radius 2 is 1.94 bits per heavy atom. The third kappa shape index (κ3) is 5.05. The van der Waals surface area contributed by atoms with Gasteiger partial charge in [0.25, 0.3) is 0 Å². The summed E-state index contributed by atoms with van der Waals surface area (Å²) in [7, 11) is -3.75. The highest BCUT2D eigenvalue weighted by Crippen LogP contribution is 2.28. The number of sulfonamides is 1. The number of aryl methyl sites for hydroxylation is 2. The van der Waals surface area contributed by atoms with Gasteiger partial charge in [-0.1, -0.05) is 23.7 Å². The smallest absolute Gasteiger partial charge is 0.248 e. The van der Waals surface area contributed by atoms with Gasteiger partial charge in [-0.05, 0) is 70.3 Å². The lowest BCUT2D eigenvalue weighted by molar-refractivity contribution is -0.120. The van der Waals surface area contributed by atoms with E-state index >= 15 is 0 Å². The predicted molar refractivity (Wildman–Crippen MR) is 122 cm³/mol. The van der Waals surface area contributed by atoms with Crippen molar-refractivity contribution in [1.82, 2.24) is 14.4 Å². The van der Waals surface area contributed by atoms with Crippen molar-refractivity contribution in [2.45, 2.75) is 57.4 Å². The molecule has 8 nitrogen and oxygen atoms in total. The Bertz CT molecular complexity index is 1040. The van der Waals surface area contributed by atoms with E-state index in [1.807, 2.05) is 18.2 Å². The van der Waals surface area contributed by atoms with Crippen LogP contribution in [0.2, 0.25) is 0 Å². The van der Waals surface area contributed by atoms with Crippen LogP contribution in [0.3, 0.4) is 0 Å². The molecule has 174 valence electrons. The molecular weight excluding hydrogens is 428 g/mol. The molecule has 0 spiro atoms. The van der Waals surface area contributed by atoms with Crippen LogP contribution in [0.1, 0.15) is 49.1 Å². The van der Waals surface area contributed by atoms with Gasteiger partial charge in [-0.25, -0.2) is 8.42 Å². The van der Waals surface area contributed by atoms with Gasteiger partial charge in [0.05, 0.1) is 5.92 Å². The van der Waals surface area contributed by atoms with Gasteiger partial charge >= 0.3 is 0 Å². The molecule has 3 heterocycles. The third-order valence-electron chi connectivity index (χ3n) is 6.37. The summed E-state index contributed by atoms with van der Waals surface area (Å²) < 4.78 is 32.7. The Morgan fingerprint density at radius 1 is 1.16 bits per heavy atom. The van der Waals surface area contributed by atoms with E-state index in [4.69, 9.17) is 4.52 Å². The molecule has 2 aromatic rings. The quantitative estimate of drug-likeness (QED) is 0.711. The molecule has 1 aromatic carbocycles. The first kappa shape index (κ1) is 22.9. The summed E-state index contributed by atoms with van der Waals surface area (Å²) in [4.78, 5) is 15.6. The van der Waals surface area contributed by atoms with Crippen molar-refractivity contribution < 1.29 is 17.7 Å². The van der Waals surface area contributed by atoms with Crippen LogP contribution >= 0.6 is 0 Å². The first-order valence-electron chi connectivity index (χ1n) is 11.4. The lowest BCUT2D eigenvalue weighted by Gasteiger charge is -2.31. The molecule has 2 aliphatic heterocycles. The first-order chi connectivity index (χ1) is 15.3. The number of likely N-dealkylation sites (tertiary alicyclic amines) is 1. The molecule has 1 N–H and O–H groups in total. The monoisotopic (exact) mass is 460 g/mol. The normalized spacial score (nSPS) is 20.9. The maximum Gasteiger partial charge on any atom is 0.248 e. The number of carbonyl (C=O) groups excluding carboxylic acids is 1. The number of nitrogens with zero attached hydrogens (tertiary/aromatic N) is 3. The van der Waals surface area contributed by atoms with Gasteiger partial charge in [-0.2, -0.15) is 4.31 Å².